The number of β-amino-alcohol motifs (C(OH)–C–C–N with tert-alkyl or cyclic N) is 1. The van der Waals surface area contributed by atoms with E-state index >= 15 is 0 Å². The highest BCUT2D eigenvalue weighted by molar-refractivity contribution is 5.77. The second-order valence-corrected chi connectivity index (χ2v) is 2.65. The first-order valence-corrected chi connectivity index (χ1v) is 3.38. The van der Waals surface area contributed by atoms with Gasteiger partial charge in [0.15, 0.2) is 0 Å². The fourth-order valence-electron chi connectivity index (χ4n) is 1.14. The van der Waals surface area contributed by atoms with Crippen LogP contribution in [0.1, 0.15) is 6.42 Å². The number of amides is 1. The molecular formula is C6H12N2O2. The zero-order valence-corrected chi connectivity index (χ0v) is 5.71. The van der Waals surface area contributed by atoms with Crippen LogP contribution < -0.4 is 11.1 Å². The van der Waals surface area contributed by atoms with Gasteiger partial charge in [-0.2, -0.15) is 0 Å². The third-order valence-corrected chi connectivity index (χ3v) is 1.73. The first-order valence-electron chi connectivity index (χ1n) is 3.38. The Balaban J connectivity index is 2.39. The Morgan fingerprint density at radius 2 is 2.30 bits per heavy atom. The van der Waals surface area contributed by atoms with E-state index in [0.29, 0.717) is 19.5 Å². The zero-order chi connectivity index (χ0) is 7.56. The maximum Gasteiger partial charge on any atom is 0.221 e. The lowest BCUT2D eigenvalue weighted by Crippen LogP contribution is -2.44. The smallest absolute Gasteiger partial charge is 0.221 e. The fourth-order valence-corrected chi connectivity index (χ4v) is 1.14. The van der Waals surface area contributed by atoms with Crippen LogP contribution >= 0.6 is 0 Å². The number of primary amides is 1. The molecule has 0 spiro atoms. The van der Waals surface area contributed by atoms with Crippen molar-refractivity contribution in [3.63, 3.8) is 0 Å². The lowest BCUT2D eigenvalue weighted by molar-refractivity contribution is -0.123. The molecule has 10 heavy (non-hydrogen) atoms. The van der Waals surface area contributed by atoms with Gasteiger partial charge < -0.3 is 16.2 Å². The van der Waals surface area contributed by atoms with Crippen LogP contribution in [0.15, 0.2) is 0 Å². The highest BCUT2D eigenvalue weighted by Crippen LogP contribution is 2.08. The number of hydrogen-bond donors (Lipinski definition) is 3. The number of nitrogens with one attached hydrogen (secondary N) is 1. The number of nitrogens with two attached hydrogens (primary N) is 1. The summed E-state index contributed by atoms with van der Waals surface area (Å²) in [6, 6.07) is 0. The number of rotatable bonds is 1. The predicted molar refractivity (Wildman–Crippen MR) is 36.2 cm³/mol. The molecule has 1 aliphatic heterocycles. The second kappa shape index (κ2) is 2.98. The predicted octanol–water partition coefficient (Wildman–Crippen LogP) is -1.56. The summed E-state index contributed by atoms with van der Waals surface area (Å²) in [7, 11) is 0. The van der Waals surface area contributed by atoms with Crippen LogP contribution in [0.4, 0.5) is 0 Å². The minimum Gasteiger partial charge on any atom is -0.392 e. The molecule has 1 amide bonds. The average Bonchev–Trinajstić information content (AvgIpc) is 1.88. The van der Waals surface area contributed by atoms with Crippen molar-refractivity contribution in [2.75, 3.05) is 13.1 Å². The Kier molecular flexibility index (Phi) is 2.24. The lowest BCUT2D eigenvalue weighted by Gasteiger charge is -2.24. The summed E-state index contributed by atoms with van der Waals surface area (Å²) in [6.07, 6.45) is 0.0914. The number of carbonyl (C=O) groups excluding carboxylic acids is 1. The Labute approximate surface area is 59.4 Å². The molecule has 4 heteroatoms. The number of hydrogen-bond acceptors (Lipinski definition) is 3. The summed E-state index contributed by atoms with van der Waals surface area (Å²) in [4.78, 5) is 10.6. The Morgan fingerprint density at radius 1 is 1.60 bits per heavy atom. The monoisotopic (exact) mass is 144 g/mol. The molecule has 0 aromatic carbocycles. The van der Waals surface area contributed by atoms with Crippen LogP contribution in [0, 0.1) is 5.92 Å². The second-order valence-electron chi connectivity index (χ2n) is 2.65. The Bertz CT molecular complexity index is 138. The summed E-state index contributed by atoms with van der Waals surface area (Å²) in [5.74, 6) is -0.519. The van der Waals surface area contributed by atoms with Gasteiger partial charge in [-0.1, -0.05) is 0 Å². The van der Waals surface area contributed by atoms with Crippen molar-refractivity contribution in [3.05, 3.63) is 0 Å². The van der Waals surface area contributed by atoms with Gasteiger partial charge in [0.05, 0.1) is 12.0 Å². The average molecular weight is 144 g/mol. The van der Waals surface area contributed by atoms with E-state index in [-0.39, 0.29) is 11.8 Å². The number of piperidine rings is 1. The maximum absolute atomic E-state index is 10.6. The van der Waals surface area contributed by atoms with Crippen molar-refractivity contribution >= 4 is 5.91 Å². The van der Waals surface area contributed by atoms with Crippen molar-refractivity contribution < 1.29 is 9.90 Å². The van der Waals surface area contributed by atoms with Crippen LogP contribution in [-0.2, 0) is 4.79 Å². The molecule has 0 aromatic heterocycles. The molecule has 1 rings (SSSR count). The summed E-state index contributed by atoms with van der Waals surface area (Å²) in [5, 5.41) is 12.0. The molecule has 1 saturated heterocycles. The third kappa shape index (κ3) is 1.68. The highest BCUT2D eigenvalue weighted by Gasteiger charge is 2.23. The van der Waals surface area contributed by atoms with Gasteiger partial charge in [0.1, 0.15) is 0 Å². The minimum atomic E-state index is -0.411. The normalized spacial score (nSPS) is 33.7. The molecular weight excluding hydrogens is 132 g/mol. The first kappa shape index (κ1) is 7.50. The van der Waals surface area contributed by atoms with Crippen molar-refractivity contribution in [1.82, 2.24) is 5.32 Å². The molecule has 4 N–H and O–H groups in total. The van der Waals surface area contributed by atoms with E-state index in [1.165, 1.54) is 0 Å². The van der Waals surface area contributed by atoms with E-state index in [1.54, 1.807) is 0 Å². The number of aliphatic hydroxyl groups excluding tert-OH is 1. The zero-order valence-electron chi connectivity index (χ0n) is 5.71. The molecule has 0 bridgehead atoms. The molecule has 0 unspecified atom stereocenters. The van der Waals surface area contributed by atoms with E-state index in [4.69, 9.17) is 10.8 Å². The van der Waals surface area contributed by atoms with E-state index < -0.39 is 6.10 Å². The number of carbonyl (C=O) groups is 1. The van der Waals surface area contributed by atoms with Crippen LogP contribution in [0.2, 0.25) is 0 Å². The molecule has 0 aromatic rings. The van der Waals surface area contributed by atoms with Gasteiger partial charge in [-0.25, -0.2) is 0 Å². The molecule has 1 heterocycles. The molecule has 0 radical (unpaired) electrons. The van der Waals surface area contributed by atoms with E-state index in [2.05, 4.69) is 5.32 Å². The van der Waals surface area contributed by atoms with Crippen LogP contribution in [0.3, 0.4) is 0 Å². The van der Waals surface area contributed by atoms with Crippen LogP contribution in [0.25, 0.3) is 0 Å². The van der Waals surface area contributed by atoms with Gasteiger partial charge in [-0.05, 0) is 6.42 Å². The SMILES string of the molecule is NC(=O)[C@H]1CNC[C@H](O)C1. The summed E-state index contributed by atoms with van der Waals surface area (Å²) < 4.78 is 0. The van der Waals surface area contributed by atoms with Crippen molar-refractivity contribution in [1.29, 1.82) is 0 Å². The number of aliphatic hydroxyl groups is 1. The molecule has 2 atom stereocenters. The summed E-state index contributed by atoms with van der Waals surface area (Å²) in [5.41, 5.74) is 5.04. The molecule has 0 aliphatic carbocycles. The topological polar surface area (TPSA) is 75.4 Å². The quantitative estimate of drug-likeness (QED) is 0.416. The van der Waals surface area contributed by atoms with Gasteiger partial charge in [0, 0.05) is 13.1 Å². The minimum absolute atomic E-state index is 0.191. The molecule has 58 valence electrons. The van der Waals surface area contributed by atoms with Crippen molar-refractivity contribution in [2.45, 2.75) is 12.5 Å². The van der Waals surface area contributed by atoms with Crippen LogP contribution in [-0.4, -0.2) is 30.2 Å². The van der Waals surface area contributed by atoms with E-state index in [9.17, 15) is 4.79 Å². The first-order chi connectivity index (χ1) is 4.70. The fraction of sp³-hybridized carbons (Fsp3) is 0.833. The van der Waals surface area contributed by atoms with Gasteiger partial charge in [0.25, 0.3) is 0 Å². The molecule has 0 saturated carbocycles. The third-order valence-electron chi connectivity index (χ3n) is 1.73. The largest absolute Gasteiger partial charge is 0.392 e. The highest BCUT2D eigenvalue weighted by atomic mass is 16.3. The van der Waals surface area contributed by atoms with Gasteiger partial charge in [-0.3, -0.25) is 4.79 Å². The molecule has 1 aliphatic rings. The van der Waals surface area contributed by atoms with E-state index in [1.807, 2.05) is 0 Å². The Morgan fingerprint density at radius 3 is 2.70 bits per heavy atom. The van der Waals surface area contributed by atoms with Crippen LogP contribution in [0.5, 0.6) is 0 Å². The molecule has 4 nitrogen and oxygen atoms in total. The Hall–Kier alpha value is -0.610. The van der Waals surface area contributed by atoms with Gasteiger partial charge >= 0.3 is 0 Å². The summed E-state index contributed by atoms with van der Waals surface area (Å²) in [6.45, 7) is 1.18. The molecule has 1 fully saturated rings. The van der Waals surface area contributed by atoms with Crippen molar-refractivity contribution in [3.8, 4) is 0 Å². The lowest BCUT2D eigenvalue weighted by atomic mass is 9.97. The maximum atomic E-state index is 10.6. The van der Waals surface area contributed by atoms with Crippen molar-refractivity contribution in [2.24, 2.45) is 11.7 Å². The van der Waals surface area contributed by atoms with E-state index in [0.717, 1.165) is 0 Å². The van der Waals surface area contributed by atoms with Gasteiger partial charge in [0.2, 0.25) is 5.91 Å². The van der Waals surface area contributed by atoms with Gasteiger partial charge in [-0.15, -0.1) is 0 Å². The summed E-state index contributed by atoms with van der Waals surface area (Å²) >= 11 is 0. The standard InChI is InChI=1S/C6H12N2O2/c7-6(10)4-1-5(9)3-8-2-4/h4-5,8-9H,1-3H2,(H2,7,10)/t4-,5-/m1/s1.